The third kappa shape index (κ3) is 7.19. The number of nitrogens with zero attached hydrogens (tertiary/aromatic N) is 2. The summed E-state index contributed by atoms with van der Waals surface area (Å²) < 4.78 is 24.7. The molecule has 45 heavy (non-hydrogen) atoms. The van der Waals surface area contributed by atoms with E-state index in [-0.39, 0.29) is 24.6 Å². The molecule has 3 aliphatic rings. The molecule has 3 aromatic rings. The van der Waals surface area contributed by atoms with Gasteiger partial charge in [0, 0.05) is 26.2 Å². The van der Waals surface area contributed by atoms with Crippen LogP contribution in [0, 0.1) is 0 Å². The predicted molar refractivity (Wildman–Crippen MR) is 178 cm³/mol. The number of benzene rings is 3. The summed E-state index contributed by atoms with van der Waals surface area (Å²) >= 11 is 0. The van der Waals surface area contributed by atoms with Crippen LogP contribution in [-0.2, 0) is 17.6 Å². The topological polar surface area (TPSA) is 62.2 Å². The van der Waals surface area contributed by atoms with Crippen LogP contribution in [0.4, 0.5) is 14.9 Å². The first-order chi connectivity index (χ1) is 21.7. The van der Waals surface area contributed by atoms with Crippen molar-refractivity contribution < 1.29 is 23.8 Å². The first-order valence-electron chi connectivity index (χ1n) is 16.4. The van der Waals surface area contributed by atoms with Gasteiger partial charge in [-0.3, -0.25) is 14.2 Å². The fourth-order valence-electron chi connectivity index (χ4n) is 6.96. The number of carbonyl (C=O) groups is 1. The van der Waals surface area contributed by atoms with Crippen LogP contribution < -0.4 is 9.64 Å². The molecule has 0 radical (unpaired) electrons. The Morgan fingerprint density at radius 3 is 2.49 bits per heavy atom. The zero-order chi connectivity index (χ0) is 31.6. The van der Waals surface area contributed by atoms with Gasteiger partial charge in [-0.15, -0.1) is 0 Å². The molecule has 7 heteroatoms. The number of carbonyl (C=O) groups excluding carboxylic acids is 1. The van der Waals surface area contributed by atoms with E-state index in [4.69, 9.17) is 9.47 Å². The second-order valence-electron chi connectivity index (χ2n) is 13.5. The zero-order valence-electron chi connectivity index (χ0n) is 26.8. The average Bonchev–Trinajstić information content (AvgIpc) is 3.37. The molecule has 0 aromatic heterocycles. The lowest BCUT2D eigenvalue weighted by atomic mass is 9.86. The maximum atomic E-state index is 13.1. The van der Waals surface area contributed by atoms with Crippen LogP contribution in [0.5, 0.6) is 11.5 Å². The number of anilines is 1. The third-order valence-corrected chi connectivity index (χ3v) is 8.98. The van der Waals surface area contributed by atoms with Gasteiger partial charge in [0.05, 0.1) is 12.4 Å². The first kappa shape index (κ1) is 31.2. The van der Waals surface area contributed by atoms with E-state index in [0.717, 1.165) is 97.4 Å². The molecular formula is C38H45FN2O4. The van der Waals surface area contributed by atoms with Crippen molar-refractivity contribution in [2.24, 2.45) is 0 Å². The Hall–Kier alpha value is -3.84. The lowest BCUT2D eigenvalue weighted by Crippen LogP contribution is -2.39. The molecule has 0 spiro atoms. The van der Waals surface area contributed by atoms with Crippen molar-refractivity contribution >= 4 is 22.9 Å². The Balaban J connectivity index is 1.34. The summed E-state index contributed by atoms with van der Waals surface area (Å²) in [4.78, 5) is 17.1. The molecule has 0 bridgehead atoms. The van der Waals surface area contributed by atoms with Crippen LogP contribution >= 0.6 is 0 Å². The van der Waals surface area contributed by atoms with Gasteiger partial charge in [0.25, 0.3) is 0 Å². The molecule has 1 saturated heterocycles. The molecule has 238 valence electrons. The molecule has 2 heterocycles. The maximum absolute atomic E-state index is 13.1. The molecule has 1 atom stereocenters. The van der Waals surface area contributed by atoms with Gasteiger partial charge in [-0.1, -0.05) is 24.3 Å². The maximum Gasteiger partial charge on any atom is 0.414 e. The standard InChI is InChI=1S/C38H45FN2O4/c1-38(2,3)45-37(43)41-21-5-8-29-23-28(12-17-35(29)41)33-9-4-7-27-24-30(42)13-16-34(27)36(33)26-10-14-31(15-11-26)44-32-18-22-40(25-32)20-6-19-39/h10-17,23-24,32,42H,4-9,18-22,25H2,1-3H3/t32-/m0/s1. The van der Waals surface area contributed by atoms with E-state index >= 15 is 0 Å². The minimum absolute atomic E-state index is 0.113. The van der Waals surface area contributed by atoms with Gasteiger partial charge >= 0.3 is 6.09 Å². The Bertz CT molecular complexity index is 1560. The van der Waals surface area contributed by atoms with Crippen molar-refractivity contribution in [1.82, 2.24) is 4.90 Å². The van der Waals surface area contributed by atoms with Gasteiger partial charge in [0.1, 0.15) is 23.2 Å². The van der Waals surface area contributed by atoms with Gasteiger partial charge in [0.2, 0.25) is 0 Å². The summed E-state index contributed by atoms with van der Waals surface area (Å²) in [5, 5.41) is 10.3. The number of alkyl halides is 1. The fourth-order valence-corrected chi connectivity index (χ4v) is 6.96. The number of halogens is 1. The summed E-state index contributed by atoms with van der Waals surface area (Å²) in [5.74, 6) is 1.13. The highest BCUT2D eigenvalue weighted by Gasteiger charge is 2.29. The summed E-state index contributed by atoms with van der Waals surface area (Å²) in [6.45, 7) is 8.62. The summed E-state index contributed by atoms with van der Waals surface area (Å²) in [6, 6.07) is 20.6. The van der Waals surface area contributed by atoms with Crippen molar-refractivity contribution in [2.75, 3.05) is 37.8 Å². The number of rotatable bonds is 7. The monoisotopic (exact) mass is 612 g/mol. The number of ether oxygens (including phenoxy) is 2. The van der Waals surface area contributed by atoms with Gasteiger partial charge in [0.15, 0.2) is 0 Å². The van der Waals surface area contributed by atoms with E-state index in [0.29, 0.717) is 13.0 Å². The highest BCUT2D eigenvalue weighted by Crippen LogP contribution is 2.42. The molecule has 6 rings (SSSR count). The lowest BCUT2D eigenvalue weighted by Gasteiger charge is -2.32. The van der Waals surface area contributed by atoms with Crippen molar-refractivity contribution in [2.45, 2.75) is 77.4 Å². The quantitative estimate of drug-likeness (QED) is 0.292. The van der Waals surface area contributed by atoms with Crippen molar-refractivity contribution in [3.63, 3.8) is 0 Å². The van der Waals surface area contributed by atoms with E-state index in [1.807, 2.05) is 32.9 Å². The Morgan fingerprint density at radius 1 is 0.933 bits per heavy atom. The molecule has 1 fully saturated rings. The van der Waals surface area contributed by atoms with Crippen LogP contribution in [0.2, 0.25) is 0 Å². The number of aromatic hydroxyl groups is 1. The SMILES string of the molecule is CC(C)(C)OC(=O)N1CCCc2cc(C3=C(c4ccc(O[C@H]5CCN(CCCF)C5)cc4)c4ccc(O)cc4CCC3)ccc21. The second kappa shape index (κ2) is 13.3. The molecule has 2 aliphatic heterocycles. The Kier molecular flexibility index (Phi) is 9.18. The summed E-state index contributed by atoms with van der Waals surface area (Å²) in [6.07, 6.45) is 5.89. The predicted octanol–water partition coefficient (Wildman–Crippen LogP) is 8.19. The van der Waals surface area contributed by atoms with E-state index in [2.05, 4.69) is 47.4 Å². The normalized spacial score (nSPS) is 18.8. The number of fused-ring (bicyclic) bond motifs is 2. The molecule has 1 aliphatic carbocycles. The van der Waals surface area contributed by atoms with E-state index in [1.165, 1.54) is 11.1 Å². The van der Waals surface area contributed by atoms with Crippen molar-refractivity contribution in [3.8, 4) is 11.5 Å². The smallest absolute Gasteiger partial charge is 0.414 e. The molecule has 3 aromatic carbocycles. The summed E-state index contributed by atoms with van der Waals surface area (Å²) in [7, 11) is 0. The van der Waals surface area contributed by atoms with E-state index < -0.39 is 5.60 Å². The third-order valence-electron chi connectivity index (χ3n) is 8.98. The van der Waals surface area contributed by atoms with Crippen LogP contribution in [0.25, 0.3) is 11.1 Å². The van der Waals surface area contributed by atoms with Crippen LogP contribution in [0.3, 0.4) is 0 Å². The fraction of sp³-hybridized carbons (Fsp3) is 0.447. The van der Waals surface area contributed by atoms with Gasteiger partial charge in [-0.25, -0.2) is 4.79 Å². The lowest BCUT2D eigenvalue weighted by molar-refractivity contribution is 0.0578. The number of amides is 1. The molecule has 0 unspecified atom stereocenters. The number of phenolic OH excluding ortho intramolecular Hbond substituents is 1. The number of hydrogen-bond donors (Lipinski definition) is 1. The van der Waals surface area contributed by atoms with E-state index in [9.17, 15) is 14.3 Å². The van der Waals surface area contributed by atoms with Gasteiger partial charge in [-0.05, 0) is 141 Å². The Morgan fingerprint density at radius 2 is 1.71 bits per heavy atom. The summed E-state index contributed by atoms with van der Waals surface area (Å²) in [5.41, 5.74) is 8.53. The highest BCUT2D eigenvalue weighted by atomic mass is 19.1. The highest BCUT2D eigenvalue weighted by molar-refractivity contribution is 6.00. The minimum Gasteiger partial charge on any atom is -0.508 e. The first-order valence-corrected chi connectivity index (χ1v) is 16.4. The molecular weight excluding hydrogens is 567 g/mol. The van der Waals surface area contributed by atoms with E-state index in [1.54, 1.807) is 11.0 Å². The van der Waals surface area contributed by atoms with Crippen LogP contribution in [0.1, 0.15) is 80.7 Å². The van der Waals surface area contributed by atoms with Gasteiger partial charge < -0.3 is 14.6 Å². The van der Waals surface area contributed by atoms with Crippen molar-refractivity contribution in [1.29, 1.82) is 0 Å². The number of phenols is 1. The number of hydrogen-bond acceptors (Lipinski definition) is 5. The Labute approximate surface area is 266 Å². The second-order valence-corrected chi connectivity index (χ2v) is 13.5. The number of allylic oxidation sites excluding steroid dienone is 1. The molecule has 0 saturated carbocycles. The van der Waals surface area contributed by atoms with Crippen LogP contribution in [-0.4, -0.2) is 60.7 Å². The number of aryl methyl sites for hydroxylation is 2. The average molecular weight is 613 g/mol. The molecule has 1 N–H and O–H groups in total. The van der Waals surface area contributed by atoms with Gasteiger partial charge in [-0.2, -0.15) is 0 Å². The largest absolute Gasteiger partial charge is 0.508 e. The minimum atomic E-state index is -0.551. The zero-order valence-corrected chi connectivity index (χ0v) is 26.8. The van der Waals surface area contributed by atoms with Crippen LogP contribution in [0.15, 0.2) is 60.7 Å². The molecule has 6 nitrogen and oxygen atoms in total. The molecule has 1 amide bonds. The van der Waals surface area contributed by atoms with Crippen molar-refractivity contribution in [3.05, 3.63) is 88.5 Å². The number of likely N-dealkylation sites (tertiary alicyclic amines) is 1.